The zero-order valence-electron chi connectivity index (χ0n) is 14.3. The first kappa shape index (κ1) is 16.3. The number of nitrogens with one attached hydrogen (secondary N) is 1. The van der Waals surface area contributed by atoms with E-state index in [-0.39, 0.29) is 0 Å². The minimum Gasteiger partial charge on any atom is -0.310 e. The van der Waals surface area contributed by atoms with Gasteiger partial charge in [-0.3, -0.25) is 0 Å². The van der Waals surface area contributed by atoms with E-state index in [1.165, 1.54) is 64.6 Å². The molecule has 2 heteroatoms. The highest BCUT2D eigenvalue weighted by molar-refractivity contribution is 4.86. The maximum atomic E-state index is 3.89. The first-order valence-corrected chi connectivity index (χ1v) is 8.99. The Hall–Kier alpha value is -0.0800. The van der Waals surface area contributed by atoms with Crippen LogP contribution in [0.25, 0.3) is 0 Å². The van der Waals surface area contributed by atoms with Crippen molar-refractivity contribution in [3.05, 3.63) is 0 Å². The predicted molar refractivity (Wildman–Crippen MR) is 88.1 cm³/mol. The molecule has 2 fully saturated rings. The summed E-state index contributed by atoms with van der Waals surface area (Å²) in [6, 6.07) is 1.44. The maximum absolute atomic E-state index is 3.89. The highest BCUT2D eigenvalue weighted by atomic mass is 15.2. The fraction of sp³-hybridized carbons (Fsp3) is 1.00. The van der Waals surface area contributed by atoms with E-state index in [1.54, 1.807) is 0 Å². The van der Waals surface area contributed by atoms with Crippen molar-refractivity contribution in [1.29, 1.82) is 0 Å². The van der Waals surface area contributed by atoms with E-state index in [4.69, 9.17) is 0 Å². The van der Waals surface area contributed by atoms with Crippen LogP contribution in [0.1, 0.15) is 72.6 Å². The molecule has 0 bridgehead atoms. The third-order valence-corrected chi connectivity index (χ3v) is 5.99. The average Bonchev–Trinajstić information content (AvgIpc) is 2.92. The fourth-order valence-electron chi connectivity index (χ4n) is 4.14. The number of nitrogens with zero attached hydrogens (tertiary/aromatic N) is 1. The van der Waals surface area contributed by atoms with Gasteiger partial charge in [0.15, 0.2) is 0 Å². The molecule has 1 aliphatic carbocycles. The van der Waals surface area contributed by atoms with Gasteiger partial charge in [-0.2, -0.15) is 0 Å². The van der Waals surface area contributed by atoms with Crippen molar-refractivity contribution in [2.24, 2.45) is 11.3 Å². The number of hydrogen-bond acceptors (Lipinski definition) is 2. The summed E-state index contributed by atoms with van der Waals surface area (Å²) in [5.41, 5.74) is 0.548. The largest absolute Gasteiger partial charge is 0.310 e. The summed E-state index contributed by atoms with van der Waals surface area (Å²) >= 11 is 0. The quantitative estimate of drug-likeness (QED) is 0.789. The van der Waals surface area contributed by atoms with Crippen molar-refractivity contribution in [1.82, 2.24) is 10.2 Å². The van der Waals surface area contributed by atoms with Crippen LogP contribution in [-0.4, -0.2) is 36.6 Å². The first-order valence-electron chi connectivity index (χ1n) is 8.99. The molecule has 2 aliphatic rings. The molecular formula is C18H36N2. The molecule has 2 nitrogen and oxygen atoms in total. The lowest BCUT2D eigenvalue weighted by Crippen LogP contribution is -2.45. The lowest BCUT2D eigenvalue weighted by atomic mass is 9.69. The van der Waals surface area contributed by atoms with E-state index < -0.39 is 0 Å². The van der Waals surface area contributed by atoms with Gasteiger partial charge >= 0.3 is 0 Å². The molecule has 118 valence electrons. The van der Waals surface area contributed by atoms with E-state index >= 15 is 0 Å². The summed E-state index contributed by atoms with van der Waals surface area (Å²) in [6.07, 6.45) is 9.76. The molecule has 0 spiro atoms. The van der Waals surface area contributed by atoms with Gasteiger partial charge < -0.3 is 10.2 Å². The van der Waals surface area contributed by atoms with Gasteiger partial charge in [-0.05, 0) is 69.9 Å². The van der Waals surface area contributed by atoms with Crippen molar-refractivity contribution in [2.75, 3.05) is 19.6 Å². The van der Waals surface area contributed by atoms with Crippen molar-refractivity contribution < 1.29 is 0 Å². The van der Waals surface area contributed by atoms with Gasteiger partial charge in [0.05, 0.1) is 0 Å². The smallest absolute Gasteiger partial charge is 0.0169 e. The molecule has 20 heavy (non-hydrogen) atoms. The second-order valence-electron chi connectivity index (χ2n) is 7.97. The number of likely N-dealkylation sites (tertiary alicyclic amines) is 1. The zero-order chi connectivity index (χ0) is 14.6. The van der Waals surface area contributed by atoms with Gasteiger partial charge in [0.25, 0.3) is 0 Å². The van der Waals surface area contributed by atoms with Crippen LogP contribution in [0.4, 0.5) is 0 Å². The molecule has 1 saturated carbocycles. The van der Waals surface area contributed by atoms with Gasteiger partial charge in [0.1, 0.15) is 0 Å². The summed E-state index contributed by atoms with van der Waals surface area (Å²) in [7, 11) is 0. The Kier molecular flexibility index (Phi) is 5.92. The lowest BCUT2D eigenvalue weighted by Gasteiger charge is -2.40. The Balaban J connectivity index is 1.68. The molecule has 0 aromatic heterocycles. The first-order chi connectivity index (χ1) is 9.51. The molecular weight excluding hydrogens is 244 g/mol. The highest BCUT2D eigenvalue weighted by Gasteiger charge is 2.32. The molecule has 1 saturated heterocycles. The van der Waals surface area contributed by atoms with Gasteiger partial charge in [-0.1, -0.05) is 27.2 Å². The van der Waals surface area contributed by atoms with E-state index in [0.717, 1.165) is 12.0 Å². The fourth-order valence-corrected chi connectivity index (χ4v) is 4.14. The molecule has 0 aromatic rings. The van der Waals surface area contributed by atoms with Crippen molar-refractivity contribution in [2.45, 2.75) is 84.7 Å². The normalized spacial score (nSPS) is 30.6. The van der Waals surface area contributed by atoms with Crippen molar-refractivity contribution >= 4 is 0 Å². The second-order valence-corrected chi connectivity index (χ2v) is 7.97. The van der Waals surface area contributed by atoms with Crippen molar-refractivity contribution in [3.63, 3.8) is 0 Å². The van der Waals surface area contributed by atoms with Crippen LogP contribution in [-0.2, 0) is 0 Å². The molecule has 0 aromatic carbocycles. The molecule has 0 radical (unpaired) electrons. The maximum Gasteiger partial charge on any atom is 0.0169 e. The molecule has 1 atom stereocenters. The van der Waals surface area contributed by atoms with Gasteiger partial charge in [-0.15, -0.1) is 0 Å². The molecule has 1 heterocycles. The highest BCUT2D eigenvalue weighted by Crippen LogP contribution is 2.40. The van der Waals surface area contributed by atoms with Gasteiger partial charge in [0, 0.05) is 18.6 Å². The topological polar surface area (TPSA) is 15.3 Å². The summed E-state index contributed by atoms with van der Waals surface area (Å²) in [5.74, 6) is 0.944. The summed E-state index contributed by atoms with van der Waals surface area (Å²) in [6.45, 7) is 13.5. The SMILES string of the molecule is CCC(C)(C)C1CCC(NC(C)CN2CCCC2)CC1. The molecule has 1 aliphatic heterocycles. The van der Waals surface area contributed by atoms with Gasteiger partial charge in [-0.25, -0.2) is 0 Å². The van der Waals surface area contributed by atoms with E-state index in [1.807, 2.05) is 0 Å². The van der Waals surface area contributed by atoms with Crippen LogP contribution in [0.5, 0.6) is 0 Å². The molecule has 1 unspecified atom stereocenters. The van der Waals surface area contributed by atoms with E-state index in [9.17, 15) is 0 Å². The number of rotatable bonds is 6. The molecule has 1 N–H and O–H groups in total. The predicted octanol–water partition coefficient (Wildman–Crippen LogP) is 4.06. The summed E-state index contributed by atoms with van der Waals surface area (Å²) in [5, 5.41) is 3.89. The summed E-state index contributed by atoms with van der Waals surface area (Å²) in [4.78, 5) is 2.63. The monoisotopic (exact) mass is 280 g/mol. The van der Waals surface area contributed by atoms with Crippen LogP contribution in [0.15, 0.2) is 0 Å². The minimum atomic E-state index is 0.548. The van der Waals surface area contributed by atoms with Gasteiger partial charge in [0.2, 0.25) is 0 Å². The summed E-state index contributed by atoms with van der Waals surface area (Å²) < 4.78 is 0. The third-order valence-electron chi connectivity index (χ3n) is 5.99. The Labute approximate surface area is 126 Å². The van der Waals surface area contributed by atoms with Crippen LogP contribution in [0, 0.1) is 11.3 Å². The Morgan fingerprint density at radius 2 is 1.70 bits per heavy atom. The van der Waals surface area contributed by atoms with Crippen LogP contribution in [0.2, 0.25) is 0 Å². The Bertz CT molecular complexity index is 273. The lowest BCUT2D eigenvalue weighted by molar-refractivity contribution is 0.132. The standard InChI is InChI=1S/C18H36N2/c1-5-18(3,4)16-8-10-17(11-9-16)19-15(2)14-20-12-6-7-13-20/h15-17,19H,5-14H2,1-4H3. The second kappa shape index (κ2) is 7.26. The van der Waals surface area contributed by atoms with Crippen LogP contribution in [0.3, 0.4) is 0 Å². The third kappa shape index (κ3) is 4.46. The van der Waals surface area contributed by atoms with Crippen LogP contribution >= 0.6 is 0 Å². The average molecular weight is 280 g/mol. The minimum absolute atomic E-state index is 0.548. The van der Waals surface area contributed by atoms with Crippen molar-refractivity contribution in [3.8, 4) is 0 Å². The van der Waals surface area contributed by atoms with Crippen LogP contribution < -0.4 is 5.32 Å². The zero-order valence-corrected chi connectivity index (χ0v) is 14.3. The Morgan fingerprint density at radius 3 is 2.25 bits per heavy atom. The molecule has 2 rings (SSSR count). The Morgan fingerprint density at radius 1 is 1.10 bits per heavy atom. The molecule has 0 amide bonds. The van der Waals surface area contributed by atoms with E-state index in [0.29, 0.717) is 11.5 Å². The van der Waals surface area contributed by atoms with E-state index in [2.05, 4.69) is 37.9 Å². The number of hydrogen-bond donors (Lipinski definition) is 1.